The zero-order chi connectivity index (χ0) is 16.9. The van der Waals surface area contributed by atoms with Crippen molar-refractivity contribution in [1.82, 2.24) is 14.5 Å². The summed E-state index contributed by atoms with van der Waals surface area (Å²) < 4.78 is 13.0. The summed E-state index contributed by atoms with van der Waals surface area (Å²) in [6.45, 7) is 1.01. The number of nitrogen functional groups attached to an aromatic ring is 1. The van der Waals surface area contributed by atoms with Crippen LogP contribution in [0.15, 0.2) is 10.7 Å². The number of aromatic nitrogens is 3. The van der Waals surface area contributed by atoms with Crippen LogP contribution in [0, 0.1) is 0 Å². The van der Waals surface area contributed by atoms with Gasteiger partial charge >= 0.3 is 0 Å². The Morgan fingerprint density at radius 2 is 2.22 bits per heavy atom. The molecule has 5 N–H and O–H groups in total. The van der Waals surface area contributed by atoms with E-state index in [2.05, 4.69) is 25.9 Å². The van der Waals surface area contributed by atoms with E-state index in [1.54, 1.807) is 6.20 Å². The predicted octanol–water partition coefficient (Wildman–Crippen LogP) is -0.214. The minimum Gasteiger partial charge on any atom is -0.480 e. The highest BCUT2D eigenvalue weighted by molar-refractivity contribution is 9.10. The van der Waals surface area contributed by atoms with Gasteiger partial charge in [-0.15, -0.1) is 0 Å². The van der Waals surface area contributed by atoms with E-state index in [-0.39, 0.29) is 11.8 Å². The number of rotatable bonds is 3. The summed E-state index contributed by atoms with van der Waals surface area (Å²) in [5, 5.41) is 30.6. The third-order valence-corrected chi connectivity index (χ3v) is 4.59. The fourth-order valence-corrected chi connectivity index (χ4v) is 3.37. The number of aliphatic hydroxyl groups excluding tert-OH is 2. The molecule has 10 heteroatoms. The molecule has 3 rings (SSSR count). The third-order valence-electron chi connectivity index (χ3n) is 3.99. The maximum atomic E-state index is 10.6. The zero-order valence-electron chi connectivity index (χ0n) is 12.5. The van der Waals surface area contributed by atoms with Crippen LogP contribution in [-0.2, 0) is 4.74 Å². The lowest BCUT2D eigenvalue weighted by atomic mass is 9.96. The number of fused-ring (bicyclic) bond motifs is 1. The number of halogens is 1. The van der Waals surface area contributed by atoms with Crippen LogP contribution in [0.5, 0.6) is 5.88 Å². The number of aliphatic hydroxyl groups is 3. The van der Waals surface area contributed by atoms with Crippen molar-refractivity contribution in [2.75, 3.05) is 19.5 Å². The number of nitrogens with two attached hydrogens (primary N) is 1. The topological polar surface area (TPSA) is 136 Å². The van der Waals surface area contributed by atoms with E-state index in [1.165, 1.54) is 18.6 Å². The van der Waals surface area contributed by atoms with Crippen LogP contribution in [0.4, 0.5) is 5.95 Å². The molecule has 0 spiro atoms. The molecule has 0 saturated carbocycles. The number of hydrogen-bond acceptors (Lipinski definition) is 8. The van der Waals surface area contributed by atoms with Gasteiger partial charge in [-0.3, -0.25) is 0 Å². The average molecular weight is 389 g/mol. The van der Waals surface area contributed by atoms with Crippen LogP contribution in [0.2, 0.25) is 0 Å². The summed E-state index contributed by atoms with van der Waals surface area (Å²) in [7, 11) is 1.46. The number of anilines is 1. The molecule has 0 amide bonds. The Morgan fingerprint density at radius 1 is 1.52 bits per heavy atom. The van der Waals surface area contributed by atoms with Gasteiger partial charge in [0.15, 0.2) is 11.9 Å². The Bertz CT molecular complexity index is 750. The summed E-state index contributed by atoms with van der Waals surface area (Å²) in [6.07, 6.45) is -1.50. The third kappa shape index (κ3) is 2.37. The second kappa shape index (κ2) is 5.56. The van der Waals surface area contributed by atoms with Gasteiger partial charge in [-0.2, -0.15) is 9.97 Å². The maximum absolute atomic E-state index is 10.6. The highest BCUT2D eigenvalue weighted by Crippen LogP contribution is 2.42. The largest absolute Gasteiger partial charge is 0.480 e. The monoisotopic (exact) mass is 388 g/mol. The molecule has 9 nitrogen and oxygen atoms in total. The van der Waals surface area contributed by atoms with E-state index in [4.69, 9.17) is 15.2 Å². The van der Waals surface area contributed by atoms with Crippen LogP contribution in [0.3, 0.4) is 0 Å². The van der Waals surface area contributed by atoms with E-state index < -0.39 is 30.6 Å². The Hall–Kier alpha value is -1.46. The van der Waals surface area contributed by atoms with Gasteiger partial charge in [-0.25, -0.2) is 0 Å². The molecule has 0 radical (unpaired) electrons. The van der Waals surface area contributed by atoms with Gasteiger partial charge in [0, 0.05) is 6.20 Å². The molecule has 0 aliphatic carbocycles. The quantitative estimate of drug-likeness (QED) is 0.566. The van der Waals surface area contributed by atoms with Crippen molar-refractivity contribution < 1.29 is 24.8 Å². The maximum Gasteiger partial charge on any atom is 0.228 e. The molecule has 2 aromatic heterocycles. The average Bonchev–Trinajstić information content (AvgIpc) is 2.94. The minimum atomic E-state index is -1.63. The van der Waals surface area contributed by atoms with E-state index in [1.807, 2.05) is 0 Å². The lowest BCUT2D eigenvalue weighted by Crippen LogP contribution is -2.44. The number of nitrogens with zero attached hydrogens (tertiary/aromatic N) is 3. The SMILES string of the molecule is COc1nc(N)nc2c1c(Br)cn2[C@@H]1O[C@H](CO)[C@@H](O)[C@@]1(C)O. The first-order valence-electron chi connectivity index (χ1n) is 6.85. The number of hydrogen-bond donors (Lipinski definition) is 4. The summed E-state index contributed by atoms with van der Waals surface area (Å²) in [5.74, 6) is 0.271. The molecule has 4 atom stereocenters. The molecule has 126 valence electrons. The van der Waals surface area contributed by atoms with Crippen molar-refractivity contribution in [3.8, 4) is 5.88 Å². The molecule has 0 bridgehead atoms. The molecule has 1 saturated heterocycles. The van der Waals surface area contributed by atoms with Gasteiger partial charge in [-0.05, 0) is 22.9 Å². The van der Waals surface area contributed by atoms with Crippen LogP contribution in [0.25, 0.3) is 11.0 Å². The van der Waals surface area contributed by atoms with Crippen LogP contribution in [-0.4, -0.2) is 61.4 Å². The second-order valence-electron chi connectivity index (χ2n) is 5.55. The van der Waals surface area contributed by atoms with Crippen molar-refractivity contribution in [1.29, 1.82) is 0 Å². The molecule has 0 aromatic carbocycles. The fraction of sp³-hybridized carbons (Fsp3) is 0.538. The Balaban J connectivity index is 2.20. The first-order chi connectivity index (χ1) is 10.8. The van der Waals surface area contributed by atoms with E-state index in [0.29, 0.717) is 15.5 Å². The predicted molar refractivity (Wildman–Crippen MR) is 83.8 cm³/mol. The summed E-state index contributed by atoms with van der Waals surface area (Å²) in [5.41, 5.74) is 4.44. The second-order valence-corrected chi connectivity index (χ2v) is 6.41. The summed E-state index contributed by atoms with van der Waals surface area (Å²) in [6, 6.07) is 0. The van der Waals surface area contributed by atoms with Crippen molar-refractivity contribution in [3.05, 3.63) is 10.7 Å². The molecular weight excluding hydrogens is 372 g/mol. The Kier molecular flexibility index (Phi) is 3.97. The standard InChI is InChI=1S/C13H17BrN4O5/c1-13(21)8(20)6(4-19)23-11(13)18-3-5(14)7-9(18)16-12(15)17-10(7)22-2/h3,6,8,11,19-21H,4H2,1-2H3,(H2,15,16,17)/t6-,8-,11-,13-/m1/s1. The van der Waals surface area contributed by atoms with Crippen molar-refractivity contribution >= 4 is 32.9 Å². The first-order valence-corrected chi connectivity index (χ1v) is 7.64. The van der Waals surface area contributed by atoms with Gasteiger partial charge in [0.05, 0.1) is 23.6 Å². The minimum absolute atomic E-state index is 0.00176. The van der Waals surface area contributed by atoms with Gasteiger partial charge in [-0.1, -0.05) is 0 Å². The van der Waals surface area contributed by atoms with E-state index in [0.717, 1.165) is 0 Å². The molecule has 23 heavy (non-hydrogen) atoms. The lowest BCUT2D eigenvalue weighted by molar-refractivity contribution is -0.0948. The Labute approximate surface area is 139 Å². The van der Waals surface area contributed by atoms with Gasteiger partial charge in [0.2, 0.25) is 11.8 Å². The molecule has 1 aliphatic heterocycles. The van der Waals surface area contributed by atoms with Crippen LogP contribution < -0.4 is 10.5 Å². The van der Waals surface area contributed by atoms with Crippen molar-refractivity contribution in [3.63, 3.8) is 0 Å². The summed E-state index contributed by atoms with van der Waals surface area (Å²) in [4.78, 5) is 8.19. The summed E-state index contributed by atoms with van der Waals surface area (Å²) >= 11 is 3.40. The molecule has 3 heterocycles. The highest BCUT2D eigenvalue weighted by Gasteiger charge is 2.53. The van der Waals surface area contributed by atoms with E-state index >= 15 is 0 Å². The van der Waals surface area contributed by atoms with Crippen molar-refractivity contribution in [2.45, 2.75) is 31.0 Å². The highest BCUT2D eigenvalue weighted by atomic mass is 79.9. The molecule has 0 unspecified atom stereocenters. The Morgan fingerprint density at radius 3 is 2.78 bits per heavy atom. The van der Waals surface area contributed by atoms with Crippen LogP contribution >= 0.6 is 15.9 Å². The molecular formula is C13H17BrN4O5. The molecule has 1 aliphatic rings. The molecule has 1 fully saturated rings. The first kappa shape index (κ1) is 16.4. The lowest BCUT2D eigenvalue weighted by Gasteiger charge is -2.27. The fourth-order valence-electron chi connectivity index (χ4n) is 2.81. The van der Waals surface area contributed by atoms with Gasteiger partial charge in [0.25, 0.3) is 0 Å². The zero-order valence-corrected chi connectivity index (χ0v) is 14.1. The van der Waals surface area contributed by atoms with Crippen LogP contribution in [0.1, 0.15) is 13.2 Å². The van der Waals surface area contributed by atoms with Gasteiger partial charge < -0.3 is 35.1 Å². The van der Waals surface area contributed by atoms with Gasteiger partial charge in [0.1, 0.15) is 17.8 Å². The number of methoxy groups -OCH3 is 1. The normalized spacial score (nSPS) is 31.0. The van der Waals surface area contributed by atoms with Crippen molar-refractivity contribution in [2.24, 2.45) is 0 Å². The number of ether oxygens (including phenoxy) is 2. The smallest absolute Gasteiger partial charge is 0.228 e. The van der Waals surface area contributed by atoms with E-state index in [9.17, 15) is 15.3 Å². The molecule has 2 aromatic rings.